The normalized spacial score (nSPS) is 10.4. The molecule has 0 aliphatic carbocycles. The Morgan fingerprint density at radius 2 is 2.26 bits per heavy atom. The third-order valence-electron chi connectivity index (χ3n) is 2.59. The molecule has 0 saturated carbocycles. The van der Waals surface area contributed by atoms with Crippen LogP contribution in [0.2, 0.25) is 0 Å². The summed E-state index contributed by atoms with van der Waals surface area (Å²) in [5, 5.41) is 11.2. The van der Waals surface area contributed by atoms with Crippen LogP contribution in [0.5, 0.6) is 0 Å². The van der Waals surface area contributed by atoms with Crippen LogP contribution < -0.4 is 5.32 Å². The van der Waals surface area contributed by atoms with Gasteiger partial charge in [0.25, 0.3) is 0 Å². The highest BCUT2D eigenvalue weighted by Gasteiger charge is 2.05. The number of carbonyl (C=O) groups is 1. The zero-order valence-corrected chi connectivity index (χ0v) is 10.5. The monoisotopic (exact) mass is 260 g/mol. The fourth-order valence-corrected chi connectivity index (χ4v) is 1.65. The summed E-state index contributed by atoms with van der Waals surface area (Å²) in [6.07, 6.45) is 6.19. The molecule has 19 heavy (non-hydrogen) atoms. The zero-order valence-electron chi connectivity index (χ0n) is 10.5. The number of aliphatic hydroxyl groups is 1. The molecule has 0 spiro atoms. The summed E-state index contributed by atoms with van der Waals surface area (Å²) >= 11 is 0. The van der Waals surface area contributed by atoms with E-state index in [1.165, 1.54) is 0 Å². The van der Waals surface area contributed by atoms with Crippen LogP contribution in [0.1, 0.15) is 12.1 Å². The molecular formula is C13H16N4O2. The molecule has 0 bridgehead atoms. The summed E-state index contributed by atoms with van der Waals surface area (Å²) in [4.78, 5) is 19.8. The Kier molecular flexibility index (Phi) is 4.63. The number of pyridine rings is 1. The summed E-state index contributed by atoms with van der Waals surface area (Å²) in [5.41, 5.74) is 0.838. The van der Waals surface area contributed by atoms with E-state index in [2.05, 4.69) is 15.3 Å². The summed E-state index contributed by atoms with van der Waals surface area (Å²) in [6, 6.07) is 5.65. The third kappa shape index (κ3) is 3.89. The van der Waals surface area contributed by atoms with E-state index in [4.69, 9.17) is 5.11 Å². The predicted molar refractivity (Wildman–Crippen MR) is 69.8 cm³/mol. The molecule has 2 rings (SSSR count). The Labute approximate surface area is 111 Å². The minimum atomic E-state index is -0.0820. The molecule has 0 aliphatic rings. The molecule has 6 nitrogen and oxygen atoms in total. The van der Waals surface area contributed by atoms with Crippen LogP contribution >= 0.6 is 0 Å². The lowest BCUT2D eigenvalue weighted by Gasteiger charge is -2.01. The van der Waals surface area contributed by atoms with Crippen LogP contribution in [0.3, 0.4) is 0 Å². The van der Waals surface area contributed by atoms with Gasteiger partial charge in [0, 0.05) is 25.4 Å². The van der Waals surface area contributed by atoms with Crippen LogP contribution in [0, 0.1) is 0 Å². The molecule has 2 aromatic rings. The van der Waals surface area contributed by atoms with Gasteiger partial charge in [-0.15, -0.1) is 0 Å². The highest BCUT2D eigenvalue weighted by Crippen LogP contribution is 2.06. The second kappa shape index (κ2) is 6.65. The molecule has 0 fully saturated rings. The SMILES string of the molecule is O=C(CCc1cn(-c2ccccn2)cn1)NCCO. The number of carbonyl (C=O) groups excluding carboxylic acids is 1. The second-order valence-electron chi connectivity index (χ2n) is 4.03. The van der Waals surface area contributed by atoms with Gasteiger partial charge in [-0.05, 0) is 18.6 Å². The Bertz CT molecular complexity index is 524. The molecule has 2 N–H and O–H groups in total. The number of aryl methyl sites for hydroxylation is 1. The summed E-state index contributed by atoms with van der Waals surface area (Å²) in [7, 11) is 0. The topological polar surface area (TPSA) is 80.0 Å². The van der Waals surface area contributed by atoms with Crippen LogP contribution in [-0.4, -0.2) is 38.7 Å². The maximum absolute atomic E-state index is 11.4. The van der Waals surface area contributed by atoms with Gasteiger partial charge in [-0.3, -0.25) is 9.36 Å². The van der Waals surface area contributed by atoms with E-state index in [0.717, 1.165) is 11.5 Å². The van der Waals surface area contributed by atoms with Crippen molar-refractivity contribution < 1.29 is 9.90 Å². The van der Waals surface area contributed by atoms with Crippen LogP contribution in [0.15, 0.2) is 36.9 Å². The second-order valence-corrected chi connectivity index (χ2v) is 4.03. The van der Waals surface area contributed by atoms with Crippen molar-refractivity contribution in [1.82, 2.24) is 19.9 Å². The zero-order chi connectivity index (χ0) is 13.5. The lowest BCUT2D eigenvalue weighted by Crippen LogP contribution is -2.26. The maximum Gasteiger partial charge on any atom is 0.220 e. The molecule has 0 unspecified atom stereocenters. The lowest BCUT2D eigenvalue weighted by molar-refractivity contribution is -0.121. The smallest absolute Gasteiger partial charge is 0.220 e. The number of hydrogen-bond donors (Lipinski definition) is 2. The van der Waals surface area contributed by atoms with Crippen molar-refractivity contribution >= 4 is 5.91 Å². The summed E-state index contributed by atoms with van der Waals surface area (Å²) < 4.78 is 1.82. The van der Waals surface area contributed by atoms with E-state index < -0.39 is 0 Å². The number of aromatic nitrogens is 3. The van der Waals surface area contributed by atoms with Gasteiger partial charge in [-0.1, -0.05) is 6.07 Å². The molecule has 100 valence electrons. The van der Waals surface area contributed by atoms with Gasteiger partial charge >= 0.3 is 0 Å². The van der Waals surface area contributed by atoms with E-state index in [0.29, 0.717) is 19.4 Å². The molecule has 2 heterocycles. The molecule has 0 saturated heterocycles. The number of rotatable bonds is 6. The van der Waals surface area contributed by atoms with E-state index in [1.807, 2.05) is 29.0 Å². The van der Waals surface area contributed by atoms with Gasteiger partial charge in [0.1, 0.15) is 12.1 Å². The van der Waals surface area contributed by atoms with Crippen LogP contribution in [0.4, 0.5) is 0 Å². The molecule has 6 heteroatoms. The number of aliphatic hydroxyl groups excluding tert-OH is 1. The number of amides is 1. The van der Waals surface area contributed by atoms with Gasteiger partial charge in [-0.25, -0.2) is 9.97 Å². The summed E-state index contributed by atoms with van der Waals surface area (Å²) in [6.45, 7) is 0.251. The van der Waals surface area contributed by atoms with E-state index in [-0.39, 0.29) is 12.5 Å². The van der Waals surface area contributed by atoms with Gasteiger partial charge in [0.05, 0.1) is 12.3 Å². The van der Waals surface area contributed by atoms with Crippen molar-refractivity contribution in [2.24, 2.45) is 0 Å². The predicted octanol–water partition coefficient (Wildman–Crippen LogP) is 0.308. The van der Waals surface area contributed by atoms with Crippen molar-refractivity contribution in [3.05, 3.63) is 42.6 Å². The molecule has 0 aromatic carbocycles. The average Bonchev–Trinajstić information content (AvgIpc) is 2.93. The van der Waals surface area contributed by atoms with Gasteiger partial charge in [0.15, 0.2) is 0 Å². The van der Waals surface area contributed by atoms with Crippen molar-refractivity contribution in [2.75, 3.05) is 13.2 Å². The highest BCUT2D eigenvalue weighted by atomic mass is 16.3. The lowest BCUT2D eigenvalue weighted by atomic mass is 10.2. The third-order valence-corrected chi connectivity index (χ3v) is 2.59. The number of imidazole rings is 1. The van der Waals surface area contributed by atoms with Crippen LogP contribution in [0.25, 0.3) is 5.82 Å². The van der Waals surface area contributed by atoms with Crippen molar-refractivity contribution in [3.63, 3.8) is 0 Å². The molecule has 0 aliphatic heterocycles. The van der Waals surface area contributed by atoms with E-state index >= 15 is 0 Å². The first-order chi connectivity index (χ1) is 9.29. The first kappa shape index (κ1) is 13.2. The van der Waals surface area contributed by atoms with Crippen molar-refractivity contribution in [1.29, 1.82) is 0 Å². The minimum absolute atomic E-state index is 0.0416. The Balaban J connectivity index is 1.90. The standard InChI is InChI=1S/C13H16N4O2/c18-8-7-15-13(19)5-4-11-9-17(10-16-11)12-3-1-2-6-14-12/h1-3,6,9-10,18H,4-5,7-8H2,(H,15,19). The number of hydrogen-bond acceptors (Lipinski definition) is 4. The fourth-order valence-electron chi connectivity index (χ4n) is 1.65. The fraction of sp³-hybridized carbons (Fsp3) is 0.308. The average molecular weight is 260 g/mol. The quantitative estimate of drug-likeness (QED) is 0.783. The van der Waals surface area contributed by atoms with Crippen molar-refractivity contribution in [3.8, 4) is 5.82 Å². The van der Waals surface area contributed by atoms with E-state index in [1.54, 1.807) is 12.5 Å². The first-order valence-corrected chi connectivity index (χ1v) is 6.11. The van der Waals surface area contributed by atoms with Gasteiger partial charge < -0.3 is 10.4 Å². The van der Waals surface area contributed by atoms with Gasteiger partial charge in [0.2, 0.25) is 5.91 Å². The Hall–Kier alpha value is -2.21. The number of nitrogens with zero attached hydrogens (tertiary/aromatic N) is 3. The Morgan fingerprint density at radius 1 is 1.37 bits per heavy atom. The summed E-state index contributed by atoms with van der Waals surface area (Å²) in [5.74, 6) is 0.715. The number of nitrogens with one attached hydrogen (secondary N) is 1. The maximum atomic E-state index is 11.4. The van der Waals surface area contributed by atoms with Crippen molar-refractivity contribution in [2.45, 2.75) is 12.8 Å². The molecule has 1 amide bonds. The first-order valence-electron chi connectivity index (χ1n) is 6.11. The molecule has 0 radical (unpaired) electrons. The molecule has 0 atom stereocenters. The molecular weight excluding hydrogens is 244 g/mol. The highest BCUT2D eigenvalue weighted by molar-refractivity contribution is 5.76. The minimum Gasteiger partial charge on any atom is -0.395 e. The van der Waals surface area contributed by atoms with Gasteiger partial charge in [-0.2, -0.15) is 0 Å². The Morgan fingerprint density at radius 3 is 3.00 bits per heavy atom. The van der Waals surface area contributed by atoms with E-state index in [9.17, 15) is 4.79 Å². The van der Waals surface area contributed by atoms with Crippen LogP contribution in [-0.2, 0) is 11.2 Å². The largest absolute Gasteiger partial charge is 0.395 e. The molecule has 2 aromatic heterocycles.